The number of ether oxygens (including phenoxy) is 2. The van der Waals surface area contributed by atoms with E-state index in [0.29, 0.717) is 42.6 Å². The number of halogens is 1. The number of Topliss-reactive ketones (excluding diaryl/α,β-unsaturated/α-hetero) is 1. The molecule has 7 nitrogen and oxygen atoms in total. The van der Waals surface area contributed by atoms with Gasteiger partial charge in [0, 0.05) is 31.7 Å². The second-order valence-corrected chi connectivity index (χ2v) is 8.11. The van der Waals surface area contributed by atoms with Crippen LogP contribution in [-0.2, 0) is 14.3 Å². The zero-order chi connectivity index (χ0) is 22.7. The standard InChI is InChI=1S/C24H25ClN2O5/c1-31-19-8-7-17(15-18(19)25)22(28)20-21(16-5-3-2-4-6-16)27(24(30)23(20)29)10-9-26-11-13-32-14-12-26/h2-8,15,21,28H,9-14H2,1H3/t21-/m1/s1. The Hall–Kier alpha value is -2.87. The van der Waals surface area contributed by atoms with Gasteiger partial charge in [0.15, 0.2) is 0 Å². The molecular formula is C24H25ClN2O5. The maximum Gasteiger partial charge on any atom is 0.295 e. The molecule has 2 aliphatic heterocycles. The normalized spacial score (nSPS) is 21.2. The molecule has 2 saturated heterocycles. The van der Waals surface area contributed by atoms with Crippen LogP contribution < -0.4 is 4.74 Å². The van der Waals surface area contributed by atoms with Crippen LogP contribution in [0.4, 0.5) is 0 Å². The molecule has 0 radical (unpaired) electrons. The van der Waals surface area contributed by atoms with Crippen LogP contribution in [0.2, 0.25) is 5.02 Å². The third kappa shape index (κ3) is 4.37. The van der Waals surface area contributed by atoms with Gasteiger partial charge in [-0.2, -0.15) is 0 Å². The first-order chi connectivity index (χ1) is 15.5. The third-order valence-corrected chi connectivity index (χ3v) is 6.14. The number of rotatable bonds is 6. The summed E-state index contributed by atoms with van der Waals surface area (Å²) in [6.07, 6.45) is 0. The zero-order valence-corrected chi connectivity index (χ0v) is 18.5. The van der Waals surface area contributed by atoms with E-state index in [2.05, 4.69) is 4.90 Å². The van der Waals surface area contributed by atoms with Crippen molar-refractivity contribution in [2.24, 2.45) is 0 Å². The van der Waals surface area contributed by atoms with Crippen molar-refractivity contribution in [2.45, 2.75) is 6.04 Å². The number of aliphatic hydroxyl groups is 1. The van der Waals surface area contributed by atoms with Crippen LogP contribution in [0.25, 0.3) is 5.76 Å². The molecule has 1 amide bonds. The van der Waals surface area contributed by atoms with E-state index < -0.39 is 17.7 Å². The molecule has 2 heterocycles. The monoisotopic (exact) mass is 456 g/mol. The van der Waals surface area contributed by atoms with Gasteiger partial charge in [0.1, 0.15) is 11.5 Å². The largest absolute Gasteiger partial charge is 0.507 e. The quantitative estimate of drug-likeness (QED) is 0.409. The minimum absolute atomic E-state index is 0.0596. The first kappa shape index (κ1) is 22.3. The van der Waals surface area contributed by atoms with E-state index in [1.807, 2.05) is 30.3 Å². The number of amides is 1. The summed E-state index contributed by atoms with van der Waals surface area (Å²) in [5, 5.41) is 11.4. The summed E-state index contributed by atoms with van der Waals surface area (Å²) in [7, 11) is 1.50. The van der Waals surface area contributed by atoms with Crippen molar-refractivity contribution in [1.82, 2.24) is 9.80 Å². The predicted octanol–water partition coefficient (Wildman–Crippen LogP) is 3.10. The van der Waals surface area contributed by atoms with E-state index >= 15 is 0 Å². The van der Waals surface area contributed by atoms with Crippen molar-refractivity contribution in [3.8, 4) is 5.75 Å². The highest BCUT2D eigenvalue weighted by molar-refractivity contribution is 6.46. The fraction of sp³-hybridized carbons (Fsp3) is 0.333. The summed E-state index contributed by atoms with van der Waals surface area (Å²) < 4.78 is 10.6. The average Bonchev–Trinajstić information content (AvgIpc) is 3.08. The Morgan fingerprint density at radius 3 is 2.50 bits per heavy atom. The Morgan fingerprint density at radius 1 is 1.12 bits per heavy atom. The lowest BCUT2D eigenvalue weighted by Crippen LogP contribution is -2.42. The molecule has 8 heteroatoms. The lowest BCUT2D eigenvalue weighted by Gasteiger charge is -2.31. The SMILES string of the molecule is COc1ccc(C(O)=C2C(=O)C(=O)N(CCN3CCOCC3)[C@@H]2c2ccccc2)cc1Cl. The molecule has 4 rings (SSSR count). The Bertz CT molecular complexity index is 1030. The lowest BCUT2D eigenvalue weighted by atomic mass is 9.95. The van der Waals surface area contributed by atoms with Crippen molar-refractivity contribution in [3.63, 3.8) is 0 Å². The molecule has 0 spiro atoms. The van der Waals surface area contributed by atoms with Gasteiger partial charge in [-0.3, -0.25) is 14.5 Å². The first-order valence-electron chi connectivity index (χ1n) is 10.5. The number of morpholine rings is 1. The summed E-state index contributed by atoms with van der Waals surface area (Å²) in [4.78, 5) is 29.8. The number of aliphatic hydroxyl groups excluding tert-OH is 1. The number of hydrogen-bond acceptors (Lipinski definition) is 6. The summed E-state index contributed by atoms with van der Waals surface area (Å²) in [6, 6.07) is 13.3. The van der Waals surface area contributed by atoms with Crippen LogP contribution in [0, 0.1) is 0 Å². The molecule has 32 heavy (non-hydrogen) atoms. The van der Waals surface area contributed by atoms with Gasteiger partial charge in [0.05, 0.1) is 37.0 Å². The molecule has 0 bridgehead atoms. The topological polar surface area (TPSA) is 79.3 Å². The third-order valence-electron chi connectivity index (χ3n) is 5.84. The molecule has 1 atom stereocenters. The van der Waals surface area contributed by atoms with E-state index in [9.17, 15) is 14.7 Å². The molecule has 2 aromatic carbocycles. The van der Waals surface area contributed by atoms with Crippen molar-refractivity contribution in [3.05, 3.63) is 70.3 Å². The summed E-state index contributed by atoms with van der Waals surface area (Å²) in [5.41, 5.74) is 1.17. The molecule has 2 fully saturated rings. The number of ketones is 1. The summed E-state index contributed by atoms with van der Waals surface area (Å²) >= 11 is 6.23. The van der Waals surface area contributed by atoms with Crippen LogP contribution in [0.3, 0.4) is 0 Å². The highest BCUT2D eigenvalue weighted by Crippen LogP contribution is 2.40. The second-order valence-electron chi connectivity index (χ2n) is 7.71. The van der Waals surface area contributed by atoms with Gasteiger partial charge < -0.3 is 19.5 Å². The Balaban J connectivity index is 1.72. The highest BCUT2D eigenvalue weighted by Gasteiger charge is 2.46. The van der Waals surface area contributed by atoms with Gasteiger partial charge in [-0.05, 0) is 23.8 Å². The number of carbonyl (C=O) groups excluding carboxylic acids is 2. The minimum atomic E-state index is -0.703. The van der Waals surface area contributed by atoms with Crippen LogP contribution in [0.15, 0.2) is 54.1 Å². The number of benzene rings is 2. The molecule has 0 saturated carbocycles. The molecular weight excluding hydrogens is 432 g/mol. The maximum atomic E-state index is 13.1. The van der Waals surface area contributed by atoms with Gasteiger partial charge in [-0.1, -0.05) is 41.9 Å². The maximum absolute atomic E-state index is 13.1. The van der Waals surface area contributed by atoms with E-state index in [1.54, 1.807) is 17.0 Å². The van der Waals surface area contributed by atoms with Gasteiger partial charge in [0.25, 0.3) is 11.7 Å². The lowest BCUT2D eigenvalue weighted by molar-refractivity contribution is -0.140. The Labute approximate surface area is 191 Å². The molecule has 2 aliphatic rings. The number of hydrogen-bond donors (Lipinski definition) is 1. The second kappa shape index (κ2) is 9.73. The molecule has 1 N–H and O–H groups in total. The van der Waals surface area contributed by atoms with Crippen molar-refractivity contribution < 1.29 is 24.2 Å². The summed E-state index contributed by atoms with van der Waals surface area (Å²) in [5.74, 6) is -1.12. The van der Waals surface area contributed by atoms with E-state index in [0.717, 1.165) is 18.7 Å². The number of carbonyl (C=O) groups is 2. The van der Waals surface area contributed by atoms with E-state index in [1.165, 1.54) is 13.2 Å². The predicted molar refractivity (Wildman–Crippen MR) is 121 cm³/mol. The molecule has 0 unspecified atom stereocenters. The molecule has 168 valence electrons. The fourth-order valence-electron chi connectivity index (χ4n) is 4.14. The molecule has 0 aliphatic carbocycles. The van der Waals surface area contributed by atoms with Gasteiger partial charge in [-0.15, -0.1) is 0 Å². The first-order valence-corrected chi connectivity index (χ1v) is 10.9. The van der Waals surface area contributed by atoms with Crippen LogP contribution in [-0.4, -0.2) is 73.1 Å². The van der Waals surface area contributed by atoms with Crippen molar-refractivity contribution in [1.29, 1.82) is 0 Å². The zero-order valence-electron chi connectivity index (χ0n) is 17.8. The van der Waals surface area contributed by atoms with Crippen LogP contribution >= 0.6 is 11.6 Å². The van der Waals surface area contributed by atoms with E-state index in [-0.39, 0.29) is 11.3 Å². The van der Waals surface area contributed by atoms with Crippen LogP contribution in [0.5, 0.6) is 5.75 Å². The fourth-order valence-corrected chi connectivity index (χ4v) is 4.39. The van der Waals surface area contributed by atoms with Gasteiger partial charge in [0.2, 0.25) is 0 Å². The highest BCUT2D eigenvalue weighted by atomic mass is 35.5. The van der Waals surface area contributed by atoms with E-state index in [4.69, 9.17) is 21.1 Å². The number of methoxy groups -OCH3 is 1. The van der Waals surface area contributed by atoms with Crippen molar-refractivity contribution in [2.75, 3.05) is 46.5 Å². The summed E-state index contributed by atoms with van der Waals surface area (Å²) in [6.45, 7) is 3.85. The van der Waals surface area contributed by atoms with Crippen molar-refractivity contribution >= 4 is 29.1 Å². The smallest absolute Gasteiger partial charge is 0.295 e. The molecule has 0 aromatic heterocycles. The van der Waals surface area contributed by atoms with Gasteiger partial charge in [-0.25, -0.2) is 0 Å². The van der Waals surface area contributed by atoms with Crippen LogP contribution in [0.1, 0.15) is 17.2 Å². The Morgan fingerprint density at radius 2 is 1.84 bits per heavy atom. The number of nitrogens with zero attached hydrogens (tertiary/aromatic N) is 2. The average molecular weight is 457 g/mol. The molecule has 2 aromatic rings. The van der Waals surface area contributed by atoms with Gasteiger partial charge >= 0.3 is 0 Å². The minimum Gasteiger partial charge on any atom is -0.507 e. The Kier molecular flexibility index (Phi) is 6.79. The number of likely N-dealkylation sites (tertiary alicyclic amines) is 1.